The molecule has 1 N–H and O–H groups in total. The van der Waals surface area contributed by atoms with Gasteiger partial charge in [-0.25, -0.2) is 4.98 Å². The van der Waals surface area contributed by atoms with Crippen LogP contribution in [0.15, 0.2) is 29.8 Å². The fourth-order valence-electron chi connectivity index (χ4n) is 1.67. The summed E-state index contributed by atoms with van der Waals surface area (Å²) in [7, 11) is 3.47. The van der Waals surface area contributed by atoms with Gasteiger partial charge in [0.25, 0.3) is 5.91 Å². The van der Waals surface area contributed by atoms with Gasteiger partial charge >= 0.3 is 0 Å². The van der Waals surface area contributed by atoms with E-state index in [-0.39, 0.29) is 5.91 Å². The van der Waals surface area contributed by atoms with E-state index in [2.05, 4.69) is 20.5 Å². The van der Waals surface area contributed by atoms with Crippen molar-refractivity contribution in [2.24, 2.45) is 7.05 Å². The van der Waals surface area contributed by atoms with Crippen LogP contribution in [0.5, 0.6) is 5.88 Å². The van der Waals surface area contributed by atoms with Gasteiger partial charge in [0.05, 0.1) is 6.61 Å². The van der Waals surface area contributed by atoms with E-state index in [1.807, 2.05) is 11.6 Å². The minimum Gasteiger partial charge on any atom is -0.475 e. The van der Waals surface area contributed by atoms with E-state index in [4.69, 9.17) is 9.47 Å². The predicted octanol–water partition coefficient (Wildman–Crippen LogP) is 0.757. The summed E-state index contributed by atoms with van der Waals surface area (Å²) < 4.78 is 12.1. The quantitative estimate of drug-likeness (QED) is 0.533. The normalized spacial score (nSPS) is 10.5. The first-order chi connectivity index (χ1) is 11.2. The number of amides is 1. The van der Waals surface area contributed by atoms with Gasteiger partial charge in [0.1, 0.15) is 12.9 Å². The van der Waals surface area contributed by atoms with Crippen LogP contribution in [0.4, 0.5) is 0 Å². The van der Waals surface area contributed by atoms with Crippen molar-refractivity contribution < 1.29 is 14.3 Å². The molecule has 23 heavy (non-hydrogen) atoms. The Labute approximate surface area is 138 Å². The van der Waals surface area contributed by atoms with E-state index in [1.165, 1.54) is 11.8 Å². The third-order valence-electron chi connectivity index (χ3n) is 2.82. The summed E-state index contributed by atoms with van der Waals surface area (Å²) in [6.45, 7) is 1.39. The van der Waals surface area contributed by atoms with Crippen LogP contribution in [0.3, 0.4) is 0 Å². The highest BCUT2D eigenvalue weighted by molar-refractivity contribution is 7.99. The lowest BCUT2D eigenvalue weighted by molar-refractivity contribution is 0.0955. The molecular formula is C14H19N5O3S. The zero-order valence-corrected chi connectivity index (χ0v) is 13.9. The van der Waals surface area contributed by atoms with Crippen molar-refractivity contribution in [1.82, 2.24) is 25.1 Å². The lowest BCUT2D eigenvalue weighted by Crippen LogP contribution is -2.25. The van der Waals surface area contributed by atoms with Gasteiger partial charge in [-0.15, -0.1) is 10.2 Å². The molecule has 2 rings (SSSR count). The Morgan fingerprint density at radius 1 is 1.43 bits per heavy atom. The van der Waals surface area contributed by atoms with E-state index >= 15 is 0 Å². The Morgan fingerprint density at radius 2 is 2.30 bits per heavy atom. The smallest absolute Gasteiger partial charge is 0.251 e. The Bertz CT molecular complexity index is 634. The standard InChI is InChI=1S/C14H19N5O3S/c1-19-10-17-18-14(19)23-8-5-16-13(20)11-3-4-15-12(9-11)22-7-6-21-2/h3-4,9-10H,5-8H2,1-2H3,(H,16,20). The molecule has 2 aromatic heterocycles. The summed E-state index contributed by atoms with van der Waals surface area (Å²) in [4.78, 5) is 16.1. The summed E-state index contributed by atoms with van der Waals surface area (Å²) in [5, 5.41) is 11.4. The van der Waals surface area contributed by atoms with Crippen LogP contribution in [0.1, 0.15) is 10.4 Å². The van der Waals surface area contributed by atoms with Gasteiger partial charge in [0.15, 0.2) is 5.16 Å². The third kappa shape index (κ3) is 5.53. The monoisotopic (exact) mass is 337 g/mol. The van der Waals surface area contributed by atoms with Crippen LogP contribution in [-0.4, -0.2) is 58.3 Å². The maximum Gasteiger partial charge on any atom is 0.251 e. The highest BCUT2D eigenvalue weighted by atomic mass is 32.2. The molecule has 0 saturated heterocycles. The van der Waals surface area contributed by atoms with E-state index in [9.17, 15) is 4.79 Å². The zero-order valence-electron chi connectivity index (χ0n) is 13.1. The average Bonchev–Trinajstić information content (AvgIpc) is 2.97. The number of methoxy groups -OCH3 is 1. The van der Waals surface area contributed by atoms with Crippen LogP contribution >= 0.6 is 11.8 Å². The molecule has 1 amide bonds. The summed E-state index contributed by atoms with van der Waals surface area (Å²) in [5.41, 5.74) is 0.510. The predicted molar refractivity (Wildman–Crippen MR) is 85.7 cm³/mol. The van der Waals surface area contributed by atoms with Crippen molar-refractivity contribution in [3.8, 4) is 5.88 Å². The van der Waals surface area contributed by atoms with E-state index < -0.39 is 0 Å². The van der Waals surface area contributed by atoms with Crippen molar-refractivity contribution in [3.05, 3.63) is 30.2 Å². The van der Waals surface area contributed by atoms with Crippen molar-refractivity contribution >= 4 is 17.7 Å². The number of hydrogen-bond acceptors (Lipinski definition) is 7. The van der Waals surface area contributed by atoms with Crippen molar-refractivity contribution in [3.63, 3.8) is 0 Å². The highest BCUT2D eigenvalue weighted by Crippen LogP contribution is 2.12. The molecule has 0 atom stereocenters. The molecule has 0 unspecified atom stereocenters. The van der Waals surface area contributed by atoms with Crippen molar-refractivity contribution in [2.45, 2.75) is 5.16 Å². The van der Waals surface area contributed by atoms with Gasteiger partial charge in [-0.3, -0.25) is 4.79 Å². The van der Waals surface area contributed by atoms with Crippen LogP contribution in [0.2, 0.25) is 0 Å². The summed E-state index contributed by atoms with van der Waals surface area (Å²) in [6.07, 6.45) is 3.19. The molecule has 2 heterocycles. The van der Waals surface area contributed by atoms with Crippen LogP contribution in [-0.2, 0) is 11.8 Å². The molecule has 9 heteroatoms. The third-order valence-corrected chi connectivity index (χ3v) is 3.86. The Hall–Kier alpha value is -2.13. The van der Waals surface area contributed by atoms with Crippen molar-refractivity contribution in [2.75, 3.05) is 32.6 Å². The van der Waals surface area contributed by atoms with Gasteiger partial charge in [-0.2, -0.15) is 0 Å². The number of ether oxygens (including phenoxy) is 2. The molecule has 2 aromatic rings. The molecular weight excluding hydrogens is 318 g/mol. The van der Waals surface area contributed by atoms with Crippen molar-refractivity contribution in [1.29, 1.82) is 0 Å². The highest BCUT2D eigenvalue weighted by Gasteiger charge is 2.08. The minimum absolute atomic E-state index is 0.164. The maximum atomic E-state index is 12.1. The van der Waals surface area contributed by atoms with Crippen LogP contribution < -0.4 is 10.1 Å². The second-order valence-electron chi connectivity index (χ2n) is 4.55. The first-order valence-corrected chi connectivity index (χ1v) is 8.02. The number of nitrogens with zero attached hydrogens (tertiary/aromatic N) is 4. The molecule has 124 valence electrons. The molecule has 0 aliphatic rings. The van der Waals surface area contributed by atoms with Gasteiger partial charge in [-0.1, -0.05) is 11.8 Å². The SMILES string of the molecule is COCCOc1cc(C(=O)NCCSc2nncn2C)ccn1. The maximum absolute atomic E-state index is 12.1. The number of thioether (sulfide) groups is 1. The summed E-state index contributed by atoms with van der Waals surface area (Å²) in [5.74, 6) is 0.950. The number of hydrogen-bond donors (Lipinski definition) is 1. The second-order valence-corrected chi connectivity index (χ2v) is 5.61. The first-order valence-electron chi connectivity index (χ1n) is 7.03. The van der Waals surface area contributed by atoms with Gasteiger partial charge in [-0.05, 0) is 6.07 Å². The topological polar surface area (TPSA) is 91.2 Å². The van der Waals surface area contributed by atoms with Gasteiger partial charge in [0.2, 0.25) is 5.88 Å². The Morgan fingerprint density at radius 3 is 3.04 bits per heavy atom. The van der Waals surface area contributed by atoms with E-state index in [0.29, 0.717) is 37.0 Å². The number of pyridine rings is 1. The zero-order chi connectivity index (χ0) is 16.5. The number of carbonyl (C=O) groups excluding carboxylic acids is 1. The minimum atomic E-state index is -0.164. The summed E-state index contributed by atoms with van der Waals surface area (Å²) >= 11 is 1.53. The molecule has 0 aromatic carbocycles. The number of nitrogens with one attached hydrogen (secondary N) is 1. The second kappa shape index (κ2) is 9.11. The largest absolute Gasteiger partial charge is 0.475 e. The molecule has 0 aliphatic carbocycles. The fourth-order valence-corrected chi connectivity index (χ4v) is 2.41. The van der Waals surface area contributed by atoms with E-state index in [1.54, 1.807) is 31.8 Å². The Kier molecular flexibility index (Phi) is 6.82. The molecule has 0 aliphatic heterocycles. The number of aryl methyl sites for hydroxylation is 1. The van der Waals surface area contributed by atoms with E-state index in [0.717, 1.165) is 5.16 Å². The van der Waals surface area contributed by atoms with Crippen LogP contribution in [0, 0.1) is 0 Å². The molecule has 0 saturated carbocycles. The molecule has 0 fully saturated rings. The van der Waals surface area contributed by atoms with Gasteiger partial charge in [0, 0.05) is 44.3 Å². The number of carbonyl (C=O) groups is 1. The molecule has 8 nitrogen and oxygen atoms in total. The number of aromatic nitrogens is 4. The molecule has 0 bridgehead atoms. The lowest BCUT2D eigenvalue weighted by Gasteiger charge is -2.07. The Balaban J connectivity index is 1.76. The number of rotatable bonds is 9. The van der Waals surface area contributed by atoms with Crippen LogP contribution in [0.25, 0.3) is 0 Å². The molecule has 0 spiro atoms. The molecule has 0 radical (unpaired) electrons. The van der Waals surface area contributed by atoms with Gasteiger partial charge < -0.3 is 19.4 Å². The average molecular weight is 337 g/mol. The fraction of sp³-hybridized carbons (Fsp3) is 0.429. The first kappa shape index (κ1) is 17.2. The summed E-state index contributed by atoms with van der Waals surface area (Å²) in [6, 6.07) is 3.26. The lowest BCUT2D eigenvalue weighted by atomic mass is 10.2.